The molecule has 1 aliphatic rings. The predicted octanol–water partition coefficient (Wildman–Crippen LogP) is 0.866. The fourth-order valence-electron chi connectivity index (χ4n) is 2.62. The van der Waals surface area contributed by atoms with Crippen LogP contribution in [-0.2, 0) is 14.8 Å². The maximum absolute atomic E-state index is 12.4. The Morgan fingerprint density at radius 1 is 1.46 bits per heavy atom. The van der Waals surface area contributed by atoms with Gasteiger partial charge in [-0.05, 0) is 37.6 Å². The maximum atomic E-state index is 12.4. The van der Waals surface area contributed by atoms with Gasteiger partial charge in [0.15, 0.2) is 6.10 Å². The van der Waals surface area contributed by atoms with Crippen molar-refractivity contribution in [2.45, 2.75) is 31.6 Å². The number of hydrogen-bond acceptors (Lipinski definition) is 5. The summed E-state index contributed by atoms with van der Waals surface area (Å²) in [7, 11) is -3.38. The number of amides is 1. The molecule has 0 aromatic heterocycles. The van der Waals surface area contributed by atoms with Crippen LogP contribution in [0.1, 0.15) is 25.8 Å². The van der Waals surface area contributed by atoms with Gasteiger partial charge in [0, 0.05) is 19.6 Å². The van der Waals surface area contributed by atoms with E-state index in [1.807, 2.05) is 6.07 Å². The van der Waals surface area contributed by atoms with Crippen LogP contribution < -0.4 is 9.46 Å². The van der Waals surface area contributed by atoms with Crippen LogP contribution in [0.4, 0.5) is 0 Å². The smallest absolute Gasteiger partial charge is 0.263 e. The van der Waals surface area contributed by atoms with Gasteiger partial charge in [0.25, 0.3) is 5.91 Å². The Balaban J connectivity index is 1.95. The molecule has 1 amide bonds. The minimum atomic E-state index is -3.38. The minimum Gasteiger partial charge on any atom is -0.481 e. The fraction of sp³-hybridized carbons (Fsp3) is 0.500. The number of nitrogens with one attached hydrogen (secondary N) is 1. The Hall–Kier alpha value is -2.11. The van der Waals surface area contributed by atoms with Crippen molar-refractivity contribution in [3.63, 3.8) is 0 Å². The molecule has 0 aliphatic carbocycles. The van der Waals surface area contributed by atoms with Gasteiger partial charge >= 0.3 is 0 Å². The summed E-state index contributed by atoms with van der Waals surface area (Å²) < 4.78 is 32.1. The summed E-state index contributed by atoms with van der Waals surface area (Å²) in [4.78, 5) is 14.0. The first kappa shape index (κ1) is 18.2. The SMILES string of the molecule is CCNS(=O)(=O)C1CCN(C(=O)C(C)Oc2ccc(C#N)cc2)C1. The lowest BCUT2D eigenvalue weighted by Crippen LogP contribution is -2.41. The van der Waals surface area contributed by atoms with Crippen LogP contribution in [0.25, 0.3) is 0 Å². The first-order valence-corrected chi connectivity index (χ1v) is 9.36. The minimum absolute atomic E-state index is 0.176. The van der Waals surface area contributed by atoms with E-state index in [2.05, 4.69) is 4.72 Å². The van der Waals surface area contributed by atoms with E-state index in [4.69, 9.17) is 10.00 Å². The van der Waals surface area contributed by atoms with E-state index in [0.29, 0.717) is 30.8 Å². The maximum Gasteiger partial charge on any atom is 0.263 e. The fourth-order valence-corrected chi connectivity index (χ4v) is 4.05. The zero-order valence-electron chi connectivity index (χ0n) is 13.7. The standard InChI is InChI=1S/C16H21N3O4S/c1-3-18-24(21,22)15-8-9-19(11-15)16(20)12(2)23-14-6-4-13(10-17)5-7-14/h4-7,12,15,18H,3,8-9,11H2,1-2H3. The van der Waals surface area contributed by atoms with E-state index in [0.717, 1.165) is 0 Å². The monoisotopic (exact) mass is 351 g/mol. The molecule has 24 heavy (non-hydrogen) atoms. The Labute approximate surface area is 142 Å². The summed E-state index contributed by atoms with van der Waals surface area (Å²) in [5, 5.41) is 8.18. The summed E-state index contributed by atoms with van der Waals surface area (Å²) in [5.41, 5.74) is 0.511. The summed E-state index contributed by atoms with van der Waals surface area (Å²) in [6.07, 6.45) is -0.302. The van der Waals surface area contributed by atoms with E-state index in [9.17, 15) is 13.2 Å². The van der Waals surface area contributed by atoms with E-state index in [-0.39, 0.29) is 12.5 Å². The van der Waals surface area contributed by atoms with Crippen LogP contribution in [-0.4, -0.2) is 50.2 Å². The largest absolute Gasteiger partial charge is 0.481 e. The molecule has 2 unspecified atom stereocenters. The summed E-state index contributed by atoms with van der Waals surface area (Å²) >= 11 is 0. The molecule has 2 rings (SSSR count). The van der Waals surface area contributed by atoms with Crippen molar-refractivity contribution in [2.24, 2.45) is 0 Å². The second kappa shape index (κ2) is 7.64. The van der Waals surface area contributed by atoms with Gasteiger partial charge in [0.2, 0.25) is 10.0 Å². The highest BCUT2D eigenvalue weighted by Crippen LogP contribution is 2.19. The number of rotatable bonds is 6. The number of hydrogen-bond donors (Lipinski definition) is 1. The molecular weight excluding hydrogens is 330 g/mol. The van der Waals surface area contributed by atoms with Crippen LogP contribution in [0.2, 0.25) is 0 Å². The Morgan fingerprint density at radius 2 is 2.12 bits per heavy atom. The third kappa shape index (κ3) is 4.24. The van der Waals surface area contributed by atoms with Crippen molar-refractivity contribution in [1.29, 1.82) is 5.26 Å². The van der Waals surface area contributed by atoms with Crippen molar-refractivity contribution in [3.8, 4) is 11.8 Å². The number of nitriles is 1. The van der Waals surface area contributed by atoms with Gasteiger partial charge in [-0.2, -0.15) is 5.26 Å². The van der Waals surface area contributed by atoms with Crippen LogP contribution >= 0.6 is 0 Å². The third-order valence-corrected chi connectivity index (χ3v) is 5.84. The number of carbonyl (C=O) groups excluding carboxylic acids is 1. The van der Waals surface area contributed by atoms with Crippen molar-refractivity contribution < 1.29 is 17.9 Å². The molecule has 0 radical (unpaired) electrons. The molecule has 0 saturated carbocycles. The van der Waals surface area contributed by atoms with E-state index in [1.165, 1.54) is 4.90 Å². The Bertz CT molecular complexity index is 725. The number of likely N-dealkylation sites (tertiary alicyclic amines) is 1. The molecule has 7 nitrogen and oxygen atoms in total. The van der Waals surface area contributed by atoms with Crippen LogP contribution in [0, 0.1) is 11.3 Å². The second-order valence-corrected chi connectivity index (χ2v) is 7.68. The average Bonchev–Trinajstić information content (AvgIpc) is 3.05. The molecule has 8 heteroatoms. The molecule has 1 aliphatic heterocycles. The van der Waals surface area contributed by atoms with Gasteiger partial charge < -0.3 is 9.64 Å². The molecular formula is C16H21N3O4S. The second-order valence-electron chi connectivity index (χ2n) is 5.63. The Kier molecular flexibility index (Phi) is 5.80. The number of sulfonamides is 1. The molecule has 1 heterocycles. The van der Waals surface area contributed by atoms with Crippen molar-refractivity contribution in [3.05, 3.63) is 29.8 Å². The predicted molar refractivity (Wildman–Crippen MR) is 88.8 cm³/mol. The molecule has 1 fully saturated rings. The van der Waals surface area contributed by atoms with Gasteiger partial charge in [-0.1, -0.05) is 6.92 Å². The lowest BCUT2D eigenvalue weighted by molar-refractivity contribution is -0.136. The molecule has 1 aromatic carbocycles. The molecule has 0 bridgehead atoms. The number of ether oxygens (including phenoxy) is 1. The van der Waals surface area contributed by atoms with Gasteiger partial charge in [0.05, 0.1) is 16.9 Å². The highest BCUT2D eigenvalue weighted by atomic mass is 32.2. The normalized spacial score (nSPS) is 18.9. The zero-order valence-corrected chi connectivity index (χ0v) is 14.5. The first-order valence-electron chi connectivity index (χ1n) is 7.81. The quantitative estimate of drug-likeness (QED) is 0.820. The molecule has 0 spiro atoms. The average molecular weight is 351 g/mol. The van der Waals surface area contributed by atoms with Gasteiger partial charge in [-0.15, -0.1) is 0 Å². The first-order chi connectivity index (χ1) is 11.4. The number of carbonyl (C=O) groups is 1. The summed E-state index contributed by atoms with van der Waals surface area (Å²) in [5.74, 6) is 0.249. The molecule has 2 atom stereocenters. The van der Waals surface area contributed by atoms with Crippen LogP contribution in [0.3, 0.4) is 0 Å². The summed E-state index contributed by atoms with van der Waals surface area (Å²) in [6, 6.07) is 8.50. The lowest BCUT2D eigenvalue weighted by atomic mass is 10.2. The van der Waals surface area contributed by atoms with Crippen LogP contribution in [0.15, 0.2) is 24.3 Å². The third-order valence-electron chi connectivity index (χ3n) is 3.89. The van der Waals surface area contributed by atoms with Gasteiger partial charge in [-0.25, -0.2) is 13.1 Å². The van der Waals surface area contributed by atoms with Crippen LogP contribution in [0.5, 0.6) is 5.75 Å². The van der Waals surface area contributed by atoms with E-state index < -0.39 is 21.4 Å². The topological polar surface area (TPSA) is 99.5 Å². The number of nitrogens with zero attached hydrogens (tertiary/aromatic N) is 2. The van der Waals surface area contributed by atoms with Gasteiger partial charge in [0.1, 0.15) is 5.75 Å². The van der Waals surface area contributed by atoms with Crippen molar-refractivity contribution in [2.75, 3.05) is 19.6 Å². The highest BCUT2D eigenvalue weighted by molar-refractivity contribution is 7.90. The Morgan fingerprint density at radius 3 is 2.71 bits per heavy atom. The van der Waals surface area contributed by atoms with E-state index in [1.54, 1.807) is 38.1 Å². The van der Waals surface area contributed by atoms with Crippen molar-refractivity contribution >= 4 is 15.9 Å². The highest BCUT2D eigenvalue weighted by Gasteiger charge is 2.36. The van der Waals surface area contributed by atoms with E-state index >= 15 is 0 Å². The lowest BCUT2D eigenvalue weighted by Gasteiger charge is -2.22. The van der Waals surface area contributed by atoms with Crippen molar-refractivity contribution in [1.82, 2.24) is 9.62 Å². The van der Waals surface area contributed by atoms with Gasteiger partial charge in [-0.3, -0.25) is 4.79 Å². The molecule has 1 saturated heterocycles. The molecule has 130 valence electrons. The molecule has 1 aromatic rings. The summed E-state index contributed by atoms with van der Waals surface area (Å²) in [6.45, 7) is 4.27. The zero-order chi connectivity index (χ0) is 17.7. The molecule has 1 N–H and O–H groups in total. The number of benzene rings is 1.